The number of rotatable bonds is 2. The predicted octanol–water partition coefficient (Wildman–Crippen LogP) is 3.03. The molecule has 5 nitrogen and oxygen atoms in total. The monoisotopic (exact) mass is 285 g/mol. The Balaban J connectivity index is 2.13. The third kappa shape index (κ3) is 2.23. The molecule has 0 amide bonds. The number of aromatic nitrogens is 3. The Morgan fingerprint density at radius 3 is 2.70 bits per heavy atom. The van der Waals surface area contributed by atoms with Crippen molar-refractivity contribution in [1.82, 2.24) is 15.2 Å². The second-order valence-electron chi connectivity index (χ2n) is 4.38. The first-order valence-corrected chi connectivity index (χ1v) is 6.40. The van der Waals surface area contributed by atoms with Crippen molar-refractivity contribution in [3.8, 4) is 0 Å². The van der Waals surface area contributed by atoms with Gasteiger partial charge in [0.2, 0.25) is 0 Å². The van der Waals surface area contributed by atoms with Gasteiger partial charge in [0.15, 0.2) is 5.82 Å². The zero-order chi connectivity index (χ0) is 14.1. The summed E-state index contributed by atoms with van der Waals surface area (Å²) in [5.74, 6) is 1.82. The molecule has 0 aliphatic rings. The maximum atomic E-state index is 6.07. The zero-order valence-electron chi connectivity index (χ0n) is 10.8. The first-order valence-electron chi connectivity index (χ1n) is 6.02. The van der Waals surface area contributed by atoms with E-state index in [4.69, 9.17) is 17.3 Å². The maximum absolute atomic E-state index is 6.07. The molecule has 0 bridgehead atoms. The Morgan fingerprint density at radius 1 is 1.10 bits per heavy atom. The smallest absolute Gasteiger partial charge is 0.156 e. The molecule has 2 heterocycles. The molecule has 0 aliphatic heterocycles. The average molecular weight is 286 g/mol. The number of pyridine rings is 1. The summed E-state index contributed by atoms with van der Waals surface area (Å²) in [4.78, 5) is 6.27. The van der Waals surface area contributed by atoms with E-state index in [0.29, 0.717) is 16.7 Å². The lowest BCUT2D eigenvalue weighted by Gasteiger charge is -2.18. The first kappa shape index (κ1) is 12.6. The molecule has 0 saturated carbocycles. The van der Waals surface area contributed by atoms with Crippen molar-refractivity contribution in [3.05, 3.63) is 47.6 Å². The van der Waals surface area contributed by atoms with Gasteiger partial charge < -0.3 is 10.6 Å². The minimum Gasteiger partial charge on any atom is -0.382 e. The van der Waals surface area contributed by atoms with Gasteiger partial charge in [-0.2, -0.15) is 0 Å². The fourth-order valence-corrected chi connectivity index (χ4v) is 2.19. The normalized spacial score (nSPS) is 10.7. The second kappa shape index (κ2) is 4.94. The minimum absolute atomic E-state index is 0.385. The van der Waals surface area contributed by atoms with Crippen molar-refractivity contribution in [3.63, 3.8) is 0 Å². The van der Waals surface area contributed by atoms with Gasteiger partial charge in [0.05, 0.1) is 0 Å². The minimum atomic E-state index is 0.385. The molecule has 0 saturated heterocycles. The van der Waals surface area contributed by atoms with E-state index in [1.807, 2.05) is 36.2 Å². The summed E-state index contributed by atoms with van der Waals surface area (Å²) in [7, 11) is 1.88. The molecule has 0 aliphatic carbocycles. The number of nitrogens with zero attached hydrogens (tertiary/aromatic N) is 4. The first-order chi connectivity index (χ1) is 9.65. The highest BCUT2D eigenvalue weighted by atomic mass is 35.5. The number of hydrogen-bond acceptors (Lipinski definition) is 5. The fourth-order valence-electron chi connectivity index (χ4n) is 2.02. The Bertz CT molecular complexity index is 757. The Labute approximate surface area is 121 Å². The van der Waals surface area contributed by atoms with Gasteiger partial charge in [0.1, 0.15) is 11.6 Å². The quantitative estimate of drug-likeness (QED) is 0.784. The Morgan fingerprint density at radius 2 is 1.95 bits per heavy atom. The van der Waals surface area contributed by atoms with Crippen molar-refractivity contribution >= 4 is 39.8 Å². The van der Waals surface area contributed by atoms with E-state index in [9.17, 15) is 0 Å². The largest absolute Gasteiger partial charge is 0.382 e. The van der Waals surface area contributed by atoms with Crippen LogP contribution in [-0.2, 0) is 0 Å². The van der Waals surface area contributed by atoms with Crippen LogP contribution >= 0.6 is 11.6 Å². The maximum Gasteiger partial charge on any atom is 0.156 e. The van der Waals surface area contributed by atoms with Crippen LogP contribution in [-0.4, -0.2) is 22.2 Å². The Kier molecular flexibility index (Phi) is 3.12. The van der Waals surface area contributed by atoms with Crippen molar-refractivity contribution in [2.45, 2.75) is 0 Å². The lowest BCUT2D eigenvalue weighted by molar-refractivity contribution is 0.986. The number of benzene rings is 1. The van der Waals surface area contributed by atoms with Crippen LogP contribution in [0.3, 0.4) is 0 Å². The molecule has 1 aromatic carbocycles. The predicted molar refractivity (Wildman–Crippen MR) is 81.3 cm³/mol. The van der Waals surface area contributed by atoms with Crippen LogP contribution in [0.2, 0.25) is 5.02 Å². The molecule has 0 radical (unpaired) electrons. The van der Waals surface area contributed by atoms with Gasteiger partial charge in [-0.1, -0.05) is 17.7 Å². The molecule has 0 spiro atoms. The number of nitrogen functional groups attached to an aromatic ring is 1. The molecule has 2 aromatic heterocycles. The number of hydrogen-bond donors (Lipinski definition) is 1. The summed E-state index contributed by atoms with van der Waals surface area (Å²) < 4.78 is 0. The highest BCUT2D eigenvalue weighted by Gasteiger charge is 2.11. The highest BCUT2D eigenvalue weighted by Crippen LogP contribution is 2.29. The lowest BCUT2D eigenvalue weighted by atomic mass is 10.1. The van der Waals surface area contributed by atoms with Crippen molar-refractivity contribution in [1.29, 1.82) is 0 Å². The molecule has 0 unspecified atom stereocenters. The summed E-state index contributed by atoms with van der Waals surface area (Å²) >= 11 is 6.07. The van der Waals surface area contributed by atoms with Crippen LogP contribution in [0.25, 0.3) is 10.8 Å². The second-order valence-corrected chi connectivity index (χ2v) is 4.81. The zero-order valence-corrected chi connectivity index (χ0v) is 11.5. The molecule has 100 valence electrons. The molecule has 20 heavy (non-hydrogen) atoms. The average Bonchev–Trinajstić information content (AvgIpc) is 2.46. The third-order valence-electron chi connectivity index (χ3n) is 3.04. The van der Waals surface area contributed by atoms with Gasteiger partial charge in [-0.05, 0) is 35.7 Å². The highest BCUT2D eigenvalue weighted by molar-refractivity contribution is 6.31. The number of halogens is 1. The standard InChI is InChI=1S/C14H12ClN5/c1-20(13-5-4-12(16)18-19-13)14-11-8-10(15)3-2-9(11)6-7-17-14/h2-8H,1H3,(H2,16,18). The molecule has 0 fully saturated rings. The van der Waals surface area contributed by atoms with E-state index >= 15 is 0 Å². The van der Waals surface area contributed by atoms with Gasteiger partial charge >= 0.3 is 0 Å². The van der Waals surface area contributed by atoms with Gasteiger partial charge in [-0.3, -0.25) is 0 Å². The summed E-state index contributed by atoms with van der Waals surface area (Å²) in [6, 6.07) is 11.2. The van der Waals surface area contributed by atoms with Gasteiger partial charge in [-0.15, -0.1) is 10.2 Å². The topological polar surface area (TPSA) is 67.9 Å². The summed E-state index contributed by atoms with van der Waals surface area (Å²) in [5.41, 5.74) is 5.55. The van der Waals surface area contributed by atoms with E-state index in [1.165, 1.54) is 0 Å². The van der Waals surface area contributed by atoms with Crippen LogP contribution in [0.15, 0.2) is 42.6 Å². The molecule has 0 atom stereocenters. The van der Waals surface area contributed by atoms with Crippen molar-refractivity contribution < 1.29 is 0 Å². The van der Waals surface area contributed by atoms with E-state index in [-0.39, 0.29) is 0 Å². The number of anilines is 3. The summed E-state index contributed by atoms with van der Waals surface area (Å²) in [6.45, 7) is 0. The van der Waals surface area contributed by atoms with Crippen molar-refractivity contribution in [2.75, 3.05) is 17.7 Å². The third-order valence-corrected chi connectivity index (χ3v) is 3.27. The molecule has 2 N–H and O–H groups in total. The molecular formula is C14H12ClN5. The van der Waals surface area contributed by atoms with E-state index in [2.05, 4.69) is 15.2 Å². The van der Waals surface area contributed by atoms with Crippen LogP contribution in [0.1, 0.15) is 0 Å². The van der Waals surface area contributed by atoms with Gasteiger partial charge in [0, 0.05) is 23.7 Å². The number of fused-ring (bicyclic) bond motifs is 1. The fraction of sp³-hybridized carbons (Fsp3) is 0.0714. The summed E-state index contributed by atoms with van der Waals surface area (Å²) in [6.07, 6.45) is 1.76. The van der Waals surface area contributed by atoms with Crippen LogP contribution in [0, 0.1) is 0 Å². The molecule has 3 rings (SSSR count). The molecular weight excluding hydrogens is 274 g/mol. The lowest BCUT2D eigenvalue weighted by Crippen LogP contribution is -2.14. The summed E-state index contributed by atoms with van der Waals surface area (Å²) in [5, 5.41) is 10.6. The van der Waals surface area contributed by atoms with E-state index < -0.39 is 0 Å². The van der Waals surface area contributed by atoms with E-state index in [0.717, 1.165) is 16.6 Å². The van der Waals surface area contributed by atoms with Gasteiger partial charge in [-0.25, -0.2) is 4.98 Å². The van der Waals surface area contributed by atoms with E-state index in [1.54, 1.807) is 18.3 Å². The SMILES string of the molecule is CN(c1ccc(N)nn1)c1nccc2ccc(Cl)cc12. The number of nitrogens with two attached hydrogens (primary N) is 1. The van der Waals surface area contributed by atoms with Crippen LogP contribution in [0.5, 0.6) is 0 Å². The van der Waals surface area contributed by atoms with Crippen LogP contribution < -0.4 is 10.6 Å². The Hall–Kier alpha value is -2.40. The van der Waals surface area contributed by atoms with Crippen molar-refractivity contribution in [2.24, 2.45) is 0 Å². The molecule has 3 aromatic rings. The van der Waals surface area contributed by atoms with Gasteiger partial charge in [0.25, 0.3) is 0 Å². The molecule has 6 heteroatoms. The van der Waals surface area contributed by atoms with Crippen LogP contribution in [0.4, 0.5) is 17.5 Å².